The zero-order valence-corrected chi connectivity index (χ0v) is 13.0. The third-order valence-electron chi connectivity index (χ3n) is 4.66. The number of benzene rings is 1. The van der Waals surface area contributed by atoms with Gasteiger partial charge in [-0.3, -0.25) is 0 Å². The van der Waals surface area contributed by atoms with Crippen LogP contribution in [0.5, 0.6) is 0 Å². The van der Waals surface area contributed by atoms with Gasteiger partial charge in [0, 0.05) is 11.1 Å². The zero-order valence-electron chi connectivity index (χ0n) is 12.2. The second-order valence-corrected chi connectivity index (χ2v) is 6.61. The minimum absolute atomic E-state index is 0.0468. The Balaban J connectivity index is 1.89. The van der Waals surface area contributed by atoms with E-state index in [1.54, 1.807) is 12.1 Å². The number of hydrogen-bond donors (Lipinski definition) is 1. The van der Waals surface area contributed by atoms with Crippen molar-refractivity contribution in [3.8, 4) is 0 Å². The average molecular weight is 298 g/mol. The number of rotatable bonds is 5. The standard InChI is InChI=1S/C17H25ClFN/c1-2-3-12-4-6-13(7-5-12)17(20)11-14-10-15(18)8-9-16(14)19/h8-10,12-13,17H,2-7,11,20H2,1H3. The normalized spacial score (nSPS) is 24.6. The lowest BCUT2D eigenvalue weighted by molar-refractivity contribution is 0.232. The van der Waals surface area contributed by atoms with Gasteiger partial charge >= 0.3 is 0 Å². The fraction of sp³-hybridized carbons (Fsp3) is 0.647. The summed E-state index contributed by atoms with van der Waals surface area (Å²) in [4.78, 5) is 0. The van der Waals surface area contributed by atoms with Crippen molar-refractivity contribution in [3.05, 3.63) is 34.6 Å². The first-order valence-corrected chi connectivity index (χ1v) is 8.17. The molecule has 1 unspecified atom stereocenters. The molecule has 3 heteroatoms. The van der Waals surface area contributed by atoms with Gasteiger partial charge in [-0.2, -0.15) is 0 Å². The molecule has 1 aromatic rings. The van der Waals surface area contributed by atoms with Crippen LogP contribution in [0.4, 0.5) is 4.39 Å². The first-order valence-electron chi connectivity index (χ1n) is 7.79. The molecule has 1 fully saturated rings. The Morgan fingerprint density at radius 2 is 2.00 bits per heavy atom. The maximum absolute atomic E-state index is 13.7. The van der Waals surface area contributed by atoms with Crippen molar-refractivity contribution in [1.82, 2.24) is 0 Å². The molecule has 1 nitrogen and oxygen atoms in total. The van der Waals surface area contributed by atoms with Crippen molar-refractivity contribution in [2.24, 2.45) is 17.6 Å². The highest BCUT2D eigenvalue weighted by atomic mass is 35.5. The summed E-state index contributed by atoms with van der Waals surface area (Å²) >= 11 is 5.93. The van der Waals surface area contributed by atoms with Crippen LogP contribution in [0.2, 0.25) is 5.02 Å². The Morgan fingerprint density at radius 1 is 1.30 bits per heavy atom. The molecule has 2 rings (SSSR count). The van der Waals surface area contributed by atoms with Gasteiger partial charge in [0.15, 0.2) is 0 Å². The predicted octanol–water partition coefficient (Wildman–Crippen LogP) is 4.96. The van der Waals surface area contributed by atoms with Crippen LogP contribution in [0.3, 0.4) is 0 Å². The lowest BCUT2D eigenvalue weighted by Crippen LogP contribution is -2.35. The van der Waals surface area contributed by atoms with Crippen molar-refractivity contribution in [3.63, 3.8) is 0 Å². The molecule has 2 N–H and O–H groups in total. The Bertz CT molecular complexity index is 427. The molecule has 1 aliphatic rings. The highest BCUT2D eigenvalue weighted by Gasteiger charge is 2.25. The highest BCUT2D eigenvalue weighted by molar-refractivity contribution is 6.30. The molecule has 0 aliphatic heterocycles. The smallest absolute Gasteiger partial charge is 0.126 e. The first kappa shape index (κ1) is 15.8. The minimum atomic E-state index is -0.190. The number of halogens is 2. The Morgan fingerprint density at radius 3 is 2.65 bits per heavy atom. The Kier molecular flexibility index (Phi) is 5.86. The molecule has 0 saturated heterocycles. The Labute approximate surface area is 126 Å². The van der Waals surface area contributed by atoms with Crippen molar-refractivity contribution >= 4 is 11.6 Å². The molecule has 0 heterocycles. The molecule has 112 valence electrons. The lowest BCUT2D eigenvalue weighted by atomic mass is 9.76. The lowest BCUT2D eigenvalue weighted by Gasteiger charge is -2.32. The largest absolute Gasteiger partial charge is 0.327 e. The summed E-state index contributed by atoms with van der Waals surface area (Å²) in [5.74, 6) is 1.22. The van der Waals surface area contributed by atoms with Crippen LogP contribution in [0.1, 0.15) is 51.0 Å². The van der Waals surface area contributed by atoms with E-state index >= 15 is 0 Å². The topological polar surface area (TPSA) is 26.0 Å². The maximum atomic E-state index is 13.7. The summed E-state index contributed by atoms with van der Waals surface area (Å²) in [7, 11) is 0. The molecule has 1 atom stereocenters. The van der Waals surface area contributed by atoms with Crippen LogP contribution in [0.15, 0.2) is 18.2 Å². The van der Waals surface area contributed by atoms with Crippen LogP contribution in [0.25, 0.3) is 0 Å². The monoisotopic (exact) mass is 297 g/mol. The summed E-state index contributed by atoms with van der Waals surface area (Å²) in [6.07, 6.45) is 8.14. The summed E-state index contributed by atoms with van der Waals surface area (Å²) < 4.78 is 13.7. The summed E-state index contributed by atoms with van der Waals surface area (Å²) in [5, 5.41) is 0.584. The molecule has 0 amide bonds. The molecular formula is C17H25ClFN. The molecule has 0 spiro atoms. The fourth-order valence-electron chi connectivity index (χ4n) is 3.43. The molecule has 0 aromatic heterocycles. The summed E-state index contributed by atoms with van der Waals surface area (Å²) in [6.45, 7) is 2.25. The van der Waals surface area contributed by atoms with Gasteiger partial charge in [0.05, 0.1) is 0 Å². The molecule has 1 aromatic carbocycles. The third kappa shape index (κ3) is 4.20. The number of hydrogen-bond acceptors (Lipinski definition) is 1. The van der Waals surface area contributed by atoms with Gasteiger partial charge in [0.25, 0.3) is 0 Å². The van der Waals surface area contributed by atoms with Gasteiger partial charge in [-0.05, 0) is 54.9 Å². The molecule has 20 heavy (non-hydrogen) atoms. The van der Waals surface area contributed by atoms with E-state index in [0.29, 0.717) is 22.9 Å². The van der Waals surface area contributed by atoms with Gasteiger partial charge in [-0.25, -0.2) is 4.39 Å². The molecule has 1 saturated carbocycles. The van der Waals surface area contributed by atoms with E-state index in [0.717, 1.165) is 5.92 Å². The first-order chi connectivity index (χ1) is 9.60. The van der Waals surface area contributed by atoms with Crippen molar-refractivity contribution in [2.45, 2.75) is 57.9 Å². The van der Waals surface area contributed by atoms with Gasteiger partial charge in [0.2, 0.25) is 0 Å². The second-order valence-electron chi connectivity index (χ2n) is 6.17. The predicted molar refractivity (Wildman–Crippen MR) is 83.4 cm³/mol. The third-order valence-corrected chi connectivity index (χ3v) is 4.89. The van der Waals surface area contributed by atoms with Crippen LogP contribution >= 0.6 is 11.6 Å². The van der Waals surface area contributed by atoms with Crippen LogP contribution in [-0.4, -0.2) is 6.04 Å². The van der Waals surface area contributed by atoms with Gasteiger partial charge in [-0.1, -0.05) is 44.2 Å². The van der Waals surface area contributed by atoms with Crippen molar-refractivity contribution in [2.75, 3.05) is 0 Å². The van der Waals surface area contributed by atoms with E-state index in [1.165, 1.54) is 44.6 Å². The van der Waals surface area contributed by atoms with Gasteiger partial charge in [-0.15, -0.1) is 0 Å². The van der Waals surface area contributed by atoms with E-state index in [4.69, 9.17) is 17.3 Å². The maximum Gasteiger partial charge on any atom is 0.126 e. The summed E-state index contributed by atoms with van der Waals surface area (Å²) in [6, 6.07) is 4.77. The molecule has 0 bridgehead atoms. The van der Waals surface area contributed by atoms with Crippen molar-refractivity contribution < 1.29 is 4.39 Å². The number of nitrogens with two attached hydrogens (primary N) is 1. The minimum Gasteiger partial charge on any atom is -0.327 e. The zero-order chi connectivity index (χ0) is 14.5. The average Bonchev–Trinajstić information content (AvgIpc) is 2.44. The van der Waals surface area contributed by atoms with Crippen LogP contribution in [-0.2, 0) is 6.42 Å². The second kappa shape index (κ2) is 7.42. The van der Waals surface area contributed by atoms with Crippen molar-refractivity contribution in [1.29, 1.82) is 0 Å². The van der Waals surface area contributed by atoms with E-state index in [2.05, 4.69) is 6.92 Å². The highest BCUT2D eigenvalue weighted by Crippen LogP contribution is 2.33. The van der Waals surface area contributed by atoms with E-state index in [9.17, 15) is 4.39 Å². The van der Waals surface area contributed by atoms with Gasteiger partial charge in [0.1, 0.15) is 5.82 Å². The summed E-state index contributed by atoms with van der Waals surface area (Å²) in [5.41, 5.74) is 6.96. The van der Waals surface area contributed by atoms with Crippen LogP contribution in [0, 0.1) is 17.7 Å². The van der Waals surface area contributed by atoms with Crippen LogP contribution < -0.4 is 5.73 Å². The van der Waals surface area contributed by atoms with Gasteiger partial charge < -0.3 is 5.73 Å². The SMILES string of the molecule is CCCC1CCC(C(N)Cc2cc(Cl)ccc2F)CC1. The molecule has 0 radical (unpaired) electrons. The Hall–Kier alpha value is -0.600. The molecule has 1 aliphatic carbocycles. The fourth-order valence-corrected chi connectivity index (χ4v) is 3.63. The van der Waals surface area contributed by atoms with E-state index < -0.39 is 0 Å². The van der Waals surface area contributed by atoms with E-state index in [-0.39, 0.29) is 11.9 Å². The molecular weight excluding hydrogens is 273 g/mol. The quantitative estimate of drug-likeness (QED) is 0.817. The van der Waals surface area contributed by atoms with E-state index in [1.807, 2.05) is 0 Å².